The van der Waals surface area contributed by atoms with Crippen LogP contribution in [-0.2, 0) is 24.0 Å². The molecule has 0 aliphatic rings. The fourth-order valence-electron chi connectivity index (χ4n) is 3.02. The topological polar surface area (TPSA) is 208 Å². The number of carbonyl (C=O) groups is 5. The summed E-state index contributed by atoms with van der Waals surface area (Å²) in [5.74, 6) is -5.19. The van der Waals surface area contributed by atoms with Gasteiger partial charge in [0, 0.05) is 6.42 Å². The molecule has 0 radical (unpaired) electrons. The third-order valence-corrected chi connectivity index (χ3v) is 5.18. The molecule has 8 N–H and O–H groups in total. The first-order valence-corrected chi connectivity index (χ1v) is 11.0. The Balaban J connectivity index is 5.61. The van der Waals surface area contributed by atoms with E-state index in [4.69, 9.17) is 10.8 Å². The number of aliphatic carboxylic acids is 2. The van der Waals surface area contributed by atoms with E-state index in [-0.39, 0.29) is 12.3 Å². The first-order valence-electron chi connectivity index (χ1n) is 11.0. The third kappa shape index (κ3) is 11.1. The van der Waals surface area contributed by atoms with Crippen molar-refractivity contribution in [3.8, 4) is 0 Å². The highest BCUT2D eigenvalue weighted by molar-refractivity contribution is 5.94. The average Bonchev–Trinajstić information content (AvgIpc) is 2.70. The van der Waals surface area contributed by atoms with E-state index < -0.39 is 72.3 Å². The number of amides is 3. The lowest BCUT2D eigenvalue weighted by molar-refractivity contribution is -0.145. The summed E-state index contributed by atoms with van der Waals surface area (Å²) in [6, 6.07) is -4.94. The average molecular weight is 475 g/mol. The summed E-state index contributed by atoms with van der Waals surface area (Å²) in [7, 11) is 0. The maximum absolute atomic E-state index is 12.9. The summed E-state index contributed by atoms with van der Waals surface area (Å²) in [5, 5.41) is 34.9. The van der Waals surface area contributed by atoms with Crippen LogP contribution in [0.15, 0.2) is 0 Å². The van der Waals surface area contributed by atoms with Gasteiger partial charge in [0.25, 0.3) is 0 Å². The Bertz CT molecular complexity index is 698. The van der Waals surface area contributed by atoms with Gasteiger partial charge in [0.05, 0.1) is 12.1 Å². The van der Waals surface area contributed by atoms with Gasteiger partial charge in [0.15, 0.2) is 6.04 Å². The Labute approximate surface area is 193 Å². The molecule has 3 amide bonds. The molecule has 0 aromatic heterocycles. The maximum atomic E-state index is 12.9. The number of carbonyl (C=O) groups excluding carboxylic acids is 3. The van der Waals surface area contributed by atoms with Crippen molar-refractivity contribution in [1.82, 2.24) is 16.0 Å². The number of nitrogens with two attached hydrogens (primary N) is 1. The normalized spacial score (nSPS) is 16.6. The molecule has 0 saturated heterocycles. The molecule has 190 valence electrons. The van der Waals surface area contributed by atoms with Crippen LogP contribution in [0.1, 0.15) is 60.3 Å². The fourth-order valence-corrected chi connectivity index (χ4v) is 3.02. The summed E-state index contributed by atoms with van der Waals surface area (Å²) in [6.07, 6.45) is -1.24. The molecule has 0 aromatic rings. The fraction of sp³-hybridized carbons (Fsp3) is 0.762. The van der Waals surface area contributed by atoms with Gasteiger partial charge in [-0.3, -0.25) is 19.2 Å². The van der Waals surface area contributed by atoms with Crippen LogP contribution in [0.25, 0.3) is 0 Å². The molecule has 0 spiro atoms. The highest BCUT2D eigenvalue weighted by Gasteiger charge is 2.34. The van der Waals surface area contributed by atoms with Crippen molar-refractivity contribution in [3.63, 3.8) is 0 Å². The Morgan fingerprint density at radius 3 is 1.82 bits per heavy atom. The number of nitrogens with one attached hydrogen (secondary N) is 3. The highest BCUT2D eigenvalue weighted by Crippen LogP contribution is 2.11. The standard InChI is InChI=1S/C21H38N4O8/c1-6-11(4)16(20(31)25-17(12(5)26)21(32)33)24-19(30)14(7-8-15(27)28)23-18(29)13(22)9-10(2)3/h10-14,16-17,26H,6-9,22H2,1-5H3,(H,23,29)(H,24,30)(H,25,31)(H,27,28)(H,32,33). The van der Waals surface area contributed by atoms with Crippen LogP contribution in [0.2, 0.25) is 0 Å². The lowest BCUT2D eigenvalue weighted by Gasteiger charge is -2.28. The number of aliphatic hydroxyl groups excluding tert-OH is 1. The third-order valence-electron chi connectivity index (χ3n) is 5.18. The van der Waals surface area contributed by atoms with Gasteiger partial charge in [-0.05, 0) is 31.6 Å². The van der Waals surface area contributed by atoms with Crippen molar-refractivity contribution >= 4 is 29.7 Å². The molecule has 0 aliphatic heterocycles. The zero-order chi connectivity index (χ0) is 25.9. The molecule has 12 nitrogen and oxygen atoms in total. The van der Waals surface area contributed by atoms with E-state index in [0.29, 0.717) is 12.8 Å². The van der Waals surface area contributed by atoms with Gasteiger partial charge in [-0.2, -0.15) is 0 Å². The van der Waals surface area contributed by atoms with Gasteiger partial charge in [-0.15, -0.1) is 0 Å². The van der Waals surface area contributed by atoms with E-state index in [0.717, 1.165) is 0 Å². The minimum atomic E-state index is -1.59. The van der Waals surface area contributed by atoms with Crippen molar-refractivity contribution in [2.75, 3.05) is 0 Å². The van der Waals surface area contributed by atoms with Crippen molar-refractivity contribution in [2.24, 2.45) is 17.6 Å². The molecule has 33 heavy (non-hydrogen) atoms. The predicted octanol–water partition coefficient (Wildman–Crippen LogP) is -0.809. The van der Waals surface area contributed by atoms with E-state index >= 15 is 0 Å². The first kappa shape index (κ1) is 30.3. The van der Waals surface area contributed by atoms with E-state index in [2.05, 4.69) is 16.0 Å². The molecule has 0 aromatic carbocycles. The van der Waals surface area contributed by atoms with Gasteiger partial charge < -0.3 is 37.0 Å². The molecular weight excluding hydrogens is 436 g/mol. The zero-order valence-electron chi connectivity index (χ0n) is 19.8. The maximum Gasteiger partial charge on any atom is 0.328 e. The van der Waals surface area contributed by atoms with Crippen LogP contribution in [0.5, 0.6) is 0 Å². The number of hydrogen-bond donors (Lipinski definition) is 7. The van der Waals surface area contributed by atoms with Crippen LogP contribution in [0.4, 0.5) is 0 Å². The molecule has 0 fully saturated rings. The van der Waals surface area contributed by atoms with Gasteiger partial charge in [0.2, 0.25) is 17.7 Å². The number of hydrogen-bond acceptors (Lipinski definition) is 7. The second-order valence-corrected chi connectivity index (χ2v) is 8.67. The van der Waals surface area contributed by atoms with Gasteiger partial charge in [-0.25, -0.2) is 4.79 Å². The van der Waals surface area contributed by atoms with E-state index in [9.17, 15) is 34.2 Å². The largest absolute Gasteiger partial charge is 0.481 e. The van der Waals surface area contributed by atoms with E-state index in [1.165, 1.54) is 6.92 Å². The van der Waals surface area contributed by atoms with Crippen LogP contribution in [0, 0.1) is 11.8 Å². The number of carboxylic acid groups (broad SMARTS) is 2. The molecule has 6 unspecified atom stereocenters. The SMILES string of the molecule is CCC(C)C(NC(=O)C(CCC(=O)O)NC(=O)C(N)CC(C)C)C(=O)NC(C(=O)O)C(C)O. The van der Waals surface area contributed by atoms with E-state index in [1.54, 1.807) is 13.8 Å². The molecule has 12 heteroatoms. The minimum absolute atomic E-state index is 0.117. The highest BCUT2D eigenvalue weighted by atomic mass is 16.4. The Kier molecular flexibility index (Phi) is 13.2. The summed E-state index contributed by atoms with van der Waals surface area (Å²) >= 11 is 0. The Hall–Kier alpha value is -2.73. The van der Waals surface area contributed by atoms with Crippen molar-refractivity contribution in [3.05, 3.63) is 0 Å². The number of rotatable bonds is 15. The van der Waals surface area contributed by atoms with Crippen LogP contribution >= 0.6 is 0 Å². The van der Waals surface area contributed by atoms with Crippen LogP contribution in [0.3, 0.4) is 0 Å². The van der Waals surface area contributed by atoms with Crippen molar-refractivity contribution in [1.29, 1.82) is 0 Å². The molecule has 0 saturated carbocycles. The molecule has 0 bridgehead atoms. The number of carboxylic acids is 2. The second kappa shape index (κ2) is 14.4. The van der Waals surface area contributed by atoms with Crippen molar-refractivity contribution < 1.29 is 39.3 Å². The molecule has 0 rings (SSSR count). The lowest BCUT2D eigenvalue weighted by atomic mass is 9.96. The van der Waals surface area contributed by atoms with Gasteiger partial charge in [-0.1, -0.05) is 34.1 Å². The summed E-state index contributed by atoms with van der Waals surface area (Å²) in [4.78, 5) is 60.4. The molecule has 6 atom stereocenters. The zero-order valence-corrected chi connectivity index (χ0v) is 19.8. The lowest BCUT2D eigenvalue weighted by Crippen LogP contribution is -2.59. The number of aliphatic hydroxyl groups is 1. The Morgan fingerprint density at radius 1 is 0.848 bits per heavy atom. The smallest absolute Gasteiger partial charge is 0.328 e. The summed E-state index contributed by atoms with van der Waals surface area (Å²) in [6.45, 7) is 8.36. The summed E-state index contributed by atoms with van der Waals surface area (Å²) < 4.78 is 0. The van der Waals surface area contributed by atoms with E-state index in [1.807, 2.05) is 13.8 Å². The monoisotopic (exact) mass is 474 g/mol. The van der Waals surface area contributed by atoms with Crippen molar-refractivity contribution in [2.45, 2.75) is 90.6 Å². The second-order valence-electron chi connectivity index (χ2n) is 8.67. The first-order chi connectivity index (χ1) is 15.2. The van der Waals surface area contributed by atoms with Crippen LogP contribution in [-0.4, -0.2) is 75.3 Å². The minimum Gasteiger partial charge on any atom is -0.481 e. The quantitative estimate of drug-likeness (QED) is 0.158. The molecular formula is C21H38N4O8. The van der Waals surface area contributed by atoms with Gasteiger partial charge >= 0.3 is 11.9 Å². The summed E-state index contributed by atoms with van der Waals surface area (Å²) in [5.41, 5.74) is 5.85. The van der Waals surface area contributed by atoms with Crippen LogP contribution < -0.4 is 21.7 Å². The Morgan fingerprint density at radius 2 is 1.39 bits per heavy atom. The predicted molar refractivity (Wildman–Crippen MR) is 119 cm³/mol. The van der Waals surface area contributed by atoms with Gasteiger partial charge in [0.1, 0.15) is 12.1 Å². The molecule has 0 aliphatic carbocycles. The molecule has 0 heterocycles.